The van der Waals surface area contributed by atoms with Crippen molar-refractivity contribution in [2.75, 3.05) is 6.26 Å². The third-order valence-corrected chi connectivity index (χ3v) is 2.20. The summed E-state index contributed by atoms with van der Waals surface area (Å²) in [6.45, 7) is -0.254. The lowest BCUT2D eigenvalue weighted by atomic mass is 10.1. The van der Waals surface area contributed by atoms with Gasteiger partial charge in [0.25, 0.3) is 10.1 Å². The van der Waals surface area contributed by atoms with Crippen molar-refractivity contribution in [3.63, 3.8) is 0 Å². The predicted molar refractivity (Wildman–Crippen MR) is 54.0 cm³/mol. The Kier molecular flexibility index (Phi) is 3.45. The van der Waals surface area contributed by atoms with Gasteiger partial charge in [0.2, 0.25) is 0 Å². The molecule has 0 aliphatic carbocycles. The van der Waals surface area contributed by atoms with Crippen LogP contribution in [0.5, 0.6) is 0 Å². The maximum absolute atomic E-state index is 12.8. The van der Waals surface area contributed by atoms with Crippen LogP contribution in [0.25, 0.3) is 0 Å². The molecule has 0 bridgehead atoms. The zero-order valence-corrected chi connectivity index (χ0v) is 8.84. The molecule has 15 heavy (non-hydrogen) atoms. The molecule has 1 aromatic carbocycles. The first-order valence-electron chi connectivity index (χ1n) is 4.02. The molecule has 0 heterocycles. The molecule has 0 radical (unpaired) electrons. The van der Waals surface area contributed by atoms with Gasteiger partial charge in [-0.1, -0.05) is 5.92 Å². The number of rotatable bonds is 3. The van der Waals surface area contributed by atoms with Crippen LogP contribution < -0.4 is 0 Å². The van der Waals surface area contributed by atoms with E-state index in [-0.39, 0.29) is 6.61 Å². The van der Waals surface area contributed by atoms with E-state index >= 15 is 0 Å². The molecule has 0 spiro atoms. The molecule has 0 aliphatic heterocycles. The molecular weight excluding hydrogens is 219 g/mol. The Hall–Kier alpha value is -1.38. The van der Waals surface area contributed by atoms with E-state index in [2.05, 4.69) is 10.1 Å². The minimum Gasteiger partial charge on any atom is -0.265 e. The number of hydrogen-bond acceptors (Lipinski definition) is 3. The van der Waals surface area contributed by atoms with E-state index in [1.807, 2.05) is 0 Å². The standard InChI is InChI=1S/C10H9FO3S/c1-3-8-4-5-10(11)6-9(8)7-14-15(2,12)13/h1,4-6H,7H2,2H3. The molecule has 0 saturated heterocycles. The Labute approximate surface area is 88.0 Å². The minimum atomic E-state index is -3.55. The van der Waals surface area contributed by atoms with E-state index in [1.54, 1.807) is 0 Å². The first-order chi connectivity index (χ1) is 6.92. The molecule has 1 rings (SSSR count). The van der Waals surface area contributed by atoms with Gasteiger partial charge in [0, 0.05) is 5.56 Å². The van der Waals surface area contributed by atoms with E-state index in [4.69, 9.17) is 6.42 Å². The second kappa shape index (κ2) is 4.43. The van der Waals surface area contributed by atoms with Gasteiger partial charge in [0.1, 0.15) is 5.82 Å². The average Bonchev–Trinajstić information content (AvgIpc) is 2.14. The fourth-order valence-electron chi connectivity index (χ4n) is 0.993. The van der Waals surface area contributed by atoms with E-state index in [0.717, 1.165) is 12.3 Å². The van der Waals surface area contributed by atoms with Crippen molar-refractivity contribution in [2.24, 2.45) is 0 Å². The summed E-state index contributed by atoms with van der Waals surface area (Å²) in [5.74, 6) is 1.83. The first-order valence-corrected chi connectivity index (χ1v) is 5.83. The molecule has 5 heteroatoms. The quantitative estimate of drug-likeness (QED) is 0.578. The second-order valence-electron chi connectivity index (χ2n) is 2.91. The van der Waals surface area contributed by atoms with Gasteiger partial charge in [0.15, 0.2) is 0 Å². The van der Waals surface area contributed by atoms with Gasteiger partial charge >= 0.3 is 0 Å². The Morgan fingerprint density at radius 1 is 1.53 bits per heavy atom. The molecule has 1 aromatic rings. The molecule has 3 nitrogen and oxygen atoms in total. The molecule has 0 N–H and O–H groups in total. The number of hydrogen-bond donors (Lipinski definition) is 0. The molecule has 0 saturated carbocycles. The lowest BCUT2D eigenvalue weighted by Gasteiger charge is -2.04. The zero-order valence-electron chi connectivity index (χ0n) is 8.03. The fraction of sp³-hybridized carbons (Fsp3) is 0.200. The highest BCUT2D eigenvalue weighted by molar-refractivity contribution is 7.85. The van der Waals surface area contributed by atoms with Crippen LogP contribution in [0.4, 0.5) is 4.39 Å². The highest BCUT2D eigenvalue weighted by Crippen LogP contribution is 2.12. The summed E-state index contributed by atoms with van der Waals surface area (Å²) < 4.78 is 38.8. The summed E-state index contributed by atoms with van der Waals surface area (Å²) in [4.78, 5) is 0. The molecule has 0 unspecified atom stereocenters. The summed E-state index contributed by atoms with van der Waals surface area (Å²) in [5.41, 5.74) is 0.753. The van der Waals surface area contributed by atoms with Crippen LogP contribution in [-0.4, -0.2) is 14.7 Å². The van der Waals surface area contributed by atoms with Crippen LogP contribution in [0.1, 0.15) is 11.1 Å². The molecule has 80 valence electrons. The van der Waals surface area contributed by atoms with E-state index in [0.29, 0.717) is 11.1 Å². The number of terminal acetylenes is 1. The van der Waals surface area contributed by atoms with Crippen molar-refractivity contribution in [1.29, 1.82) is 0 Å². The Balaban J connectivity index is 2.94. The van der Waals surface area contributed by atoms with Gasteiger partial charge in [0.05, 0.1) is 12.9 Å². The summed E-state index contributed by atoms with van der Waals surface area (Å²) in [5, 5.41) is 0. The minimum absolute atomic E-state index is 0.254. The van der Waals surface area contributed by atoms with Crippen molar-refractivity contribution in [3.05, 3.63) is 35.1 Å². The molecule has 0 aromatic heterocycles. The van der Waals surface area contributed by atoms with Gasteiger partial charge in [-0.3, -0.25) is 4.18 Å². The predicted octanol–water partition coefficient (Wildman–Crippen LogP) is 1.28. The fourth-order valence-corrected chi connectivity index (χ4v) is 1.33. The maximum atomic E-state index is 12.8. The SMILES string of the molecule is C#Cc1ccc(F)cc1COS(C)(=O)=O. The average molecular weight is 228 g/mol. The summed E-state index contributed by atoms with van der Waals surface area (Å²) in [7, 11) is -3.55. The van der Waals surface area contributed by atoms with Crippen molar-refractivity contribution in [3.8, 4) is 12.3 Å². The van der Waals surface area contributed by atoms with Crippen LogP contribution >= 0.6 is 0 Å². The van der Waals surface area contributed by atoms with Crippen LogP contribution in [-0.2, 0) is 20.9 Å². The molecule has 0 atom stereocenters. The molecule has 0 aliphatic rings. The Bertz CT molecular complexity index is 500. The zero-order chi connectivity index (χ0) is 11.5. The number of halogens is 1. The van der Waals surface area contributed by atoms with Gasteiger partial charge < -0.3 is 0 Å². The van der Waals surface area contributed by atoms with Crippen molar-refractivity contribution < 1.29 is 17.0 Å². The lowest BCUT2D eigenvalue weighted by molar-refractivity contribution is 0.311. The Morgan fingerprint density at radius 2 is 2.20 bits per heavy atom. The van der Waals surface area contributed by atoms with Crippen molar-refractivity contribution in [1.82, 2.24) is 0 Å². The van der Waals surface area contributed by atoms with Gasteiger partial charge in [-0.15, -0.1) is 6.42 Å². The third-order valence-electron chi connectivity index (χ3n) is 1.65. The van der Waals surface area contributed by atoms with Crippen molar-refractivity contribution >= 4 is 10.1 Å². The molecule has 0 amide bonds. The Morgan fingerprint density at radius 3 is 2.73 bits per heavy atom. The topological polar surface area (TPSA) is 43.4 Å². The van der Waals surface area contributed by atoms with Gasteiger partial charge in [-0.05, 0) is 23.8 Å². The second-order valence-corrected chi connectivity index (χ2v) is 4.56. The summed E-state index contributed by atoms with van der Waals surface area (Å²) in [6, 6.07) is 3.76. The van der Waals surface area contributed by atoms with Gasteiger partial charge in [-0.2, -0.15) is 8.42 Å². The monoisotopic (exact) mass is 228 g/mol. The van der Waals surface area contributed by atoms with Crippen LogP contribution in [0.3, 0.4) is 0 Å². The largest absolute Gasteiger partial charge is 0.265 e. The van der Waals surface area contributed by atoms with Crippen LogP contribution in [0, 0.1) is 18.2 Å². The van der Waals surface area contributed by atoms with Crippen LogP contribution in [0.15, 0.2) is 18.2 Å². The number of benzene rings is 1. The first kappa shape index (κ1) is 11.7. The van der Waals surface area contributed by atoms with E-state index in [9.17, 15) is 12.8 Å². The molecular formula is C10H9FO3S. The van der Waals surface area contributed by atoms with E-state index < -0.39 is 15.9 Å². The third kappa shape index (κ3) is 3.70. The lowest BCUT2D eigenvalue weighted by Crippen LogP contribution is -2.04. The van der Waals surface area contributed by atoms with Crippen molar-refractivity contribution in [2.45, 2.75) is 6.61 Å². The summed E-state index contributed by atoms with van der Waals surface area (Å²) >= 11 is 0. The van der Waals surface area contributed by atoms with Crippen LogP contribution in [0.2, 0.25) is 0 Å². The molecule has 0 fully saturated rings. The summed E-state index contributed by atoms with van der Waals surface area (Å²) in [6.07, 6.45) is 6.08. The highest BCUT2D eigenvalue weighted by Gasteiger charge is 2.07. The van der Waals surface area contributed by atoms with E-state index in [1.165, 1.54) is 12.1 Å². The van der Waals surface area contributed by atoms with Gasteiger partial charge in [-0.25, -0.2) is 4.39 Å². The maximum Gasteiger partial charge on any atom is 0.264 e. The smallest absolute Gasteiger partial charge is 0.264 e. The normalized spacial score (nSPS) is 11.0. The highest BCUT2D eigenvalue weighted by atomic mass is 32.2.